The Hall–Kier alpha value is -2.47. The van der Waals surface area contributed by atoms with Gasteiger partial charge in [0.15, 0.2) is 0 Å². The van der Waals surface area contributed by atoms with Crippen LogP contribution in [-0.2, 0) is 13.0 Å². The highest BCUT2D eigenvalue weighted by Crippen LogP contribution is 2.28. The first-order chi connectivity index (χ1) is 13.2. The van der Waals surface area contributed by atoms with Crippen molar-refractivity contribution >= 4 is 17.2 Å². The summed E-state index contributed by atoms with van der Waals surface area (Å²) in [7, 11) is 0. The van der Waals surface area contributed by atoms with E-state index in [0.717, 1.165) is 48.7 Å². The molecule has 0 bridgehead atoms. The minimum atomic E-state index is 0.159. The standard InChI is InChI=1S/C21H24N4OS/c1-2-18-8-9-19(27-18)21(26)25-12-5-6-16(14-25)20-23-11-13-24(20)15-17-7-3-4-10-22-17/h3-4,7-11,13,16H,2,5-6,12,14-15H2,1H3. The molecule has 0 spiro atoms. The Balaban J connectivity index is 1.49. The van der Waals surface area contributed by atoms with E-state index in [1.54, 1.807) is 11.3 Å². The number of hydrogen-bond acceptors (Lipinski definition) is 4. The van der Waals surface area contributed by atoms with Crippen molar-refractivity contribution in [3.8, 4) is 0 Å². The first kappa shape index (κ1) is 17.9. The minimum absolute atomic E-state index is 0.159. The Morgan fingerprint density at radius 3 is 2.93 bits per heavy atom. The van der Waals surface area contributed by atoms with Crippen LogP contribution in [0.5, 0.6) is 0 Å². The Morgan fingerprint density at radius 1 is 1.22 bits per heavy atom. The second-order valence-corrected chi connectivity index (χ2v) is 8.11. The normalized spacial score (nSPS) is 17.2. The van der Waals surface area contributed by atoms with Crippen molar-refractivity contribution in [2.75, 3.05) is 13.1 Å². The Kier molecular flexibility index (Phi) is 5.34. The topological polar surface area (TPSA) is 51.0 Å². The zero-order valence-electron chi connectivity index (χ0n) is 15.5. The van der Waals surface area contributed by atoms with Crippen LogP contribution < -0.4 is 0 Å². The SMILES string of the molecule is CCc1ccc(C(=O)N2CCCC(c3nccn3Cc3ccccn3)C2)s1. The number of carbonyl (C=O) groups is 1. The van der Waals surface area contributed by atoms with E-state index in [2.05, 4.69) is 27.5 Å². The summed E-state index contributed by atoms with van der Waals surface area (Å²) in [5, 5.41) is 0. The number of carbonyl (C=O) groups excluding carboxylic acids is 1. The summed E-state index contributed by atoms with van der Waals surface area (Å²) in [4.78, 5) is 26.1. The largest absolute Gasteiger partial charge is 0.337 e. The molecule has 0 radical (unpaired) electrons. The number of piperidine rings is 1. The van der Waals surface area contributed by atoms with E-state index in [1.165, 1.54) is 4.88 Å². The van der Waals surface area contributed by atoms with Crippen LogP contribution >= 0.6 is 11.3 Å². The molecule has 0 saturated carbocycles. The van der Waals surface area contributed by atoms with Crippen molar-refractivity contribution in [3.05, 3.63) is 70.2 Å². The number of aromatic nitrogens is 3. The molecule has 1 amide bonds. The van der Waals surface area contributed by atoms with E-state index in [-0.39, 0.29) is 11.8 Å². The molecule has 6 heteroatoms. The molecular formula is C21H24N4OS. The quantitative estimate of drug-likeness (QED) is 0.673. The van der Waals surface area contributed by atoms with Gasteiger partial charge in [0.05, 0.1) is 17.1 Å². The number of amides is 1. The molecule has 1 aliphatic heterocycles. The average Bonchev–Trinajstić information content (AvgIpc) is 3.38. The number of imidazole rings is 1. The molecule has 1 saturated heterocycles. The van der Waals surface area contributed by atoms with E-state index >= 15 is 0 Å². The Morgan fingerprint density at radius 2 is 2.15 bits per heavy atom. The van der Waals surface area contributed by atoms with E-state index in [9.17, 15) is 4.79 Å². The maximum absolute atomic E-state index is 12.9. The lowest BCUT2D eigenvalue weighted by molar-refractivity contribution is 0.0708. The highest BCUT2D eigenvalue weighted by Gasteiger charge is 2.28. The molecule has 0 aliphatic carbocycles. The number of thiophene rings is 1. The fourth-order valence-electron chi connectivity index (χ4n) is 3.69. The minimum Gasteiger partial charge on any atom is -0.337 e. The van der Waals surface area contributed by atoms with Gasteiger partial charge in [-0.2, -0.15) is 0 Å². The molecule has 140 valence electrons. The molecule has 3 aromatic rings. The lowest BCUT2D eigenvalue weighted by atomic mass is 9.97. The Labute approximate surface area is 163 Å². The summed E-state index contributed by atoms with van der Waals surface area (Å²) in [6.45, 7) is 4.40. The predicted molar refractivity (Wildman–Crippen MR) is 107 cm³/mol. The van der Waals surface area contributed by atoms with Crippen LogP contribution in [0.3, 0.4) is 0 Å². The first-order valence-electron chi connectivity index (χ1n) is 9.53. The van der Waals surface area contributed by atoms with Gasteiger partial charge in [0, 0.05) is 42.5 Å². The molecule has 4 rings (SSSR count). The lowest BCUT2D eigenvalue weighted by Gasteiger charge is -2.32. The van der Waals surface area contributed by atoms with Gasteiger partial charge < -0.3 is 9.47 Å². The fourth-order valence-corrected chi connectivity index (χ4v) is 4.61. The van der Waals surface area contributed by atoms with E-state index in [0.29, 0.717) is 6.54 Å². The zero-order valence-corrected chi connectivity index (χ0v) is 16.4. The van der Waals surface area contributed by atoms with Gasteiger partial charge in [-0.05, 0) is 43.5 Å². The molecule has 27 heavy (non-hydrogen) atoms. The van der Waals surface area contributed by atoms with Crippen LogP contribution in [0.4, 0.5) is 0 Å². The second kappa shape index (κ2) is 8.05. The van der Waals surface area contributed by atoms with Crippen molar-refractivity contribution in [1.29, 1.82) is 0 Å². The summed E-state index contributed by atoms with van der Waals surface area (Å²) in [5.41, 5.74) is 1.02. The molecule has 1 aliphatic rings. The molecule has 5 nitrogen and oxygen atoms in total. The zero-order chi connectivity index (χ0) is 18.6. The number of likely N-dealkylation sites (tertiary alicyclic amines) is 1. The van der Waals surface area contributed by atoms with Crippen LogP contribution in [0, 0.1) is 0 Å². The summed E-state index contributed by atoms with van der Waals surface area (Å²) in [5.74, 6) is 1.48. The number of rotatable bonds is 5. The van der Waals surface area contributed by atoms with Crippen LogP contribution in [0.2, 0.25) is 0 Å². The van der Waals surface area contributed by atoms with E-state index in [4.69, 9.17) is 0 Å². The molecule has 1 unspecified atom stereocenters. The summed E-state index contributed by atoms with van der Waals surface area (Å²) in [6.07, 6.45) is 8.74. The predicted octanol–water partition coefficient (Wildman–Crippen LogP) is 3.97. The van der Waals surface area contributed by atoms with Gasteiger partial charge in [-0.3, -0.25) is 9.78 Å². The van der Waals surface area contributed by atoms with Crippen LogP contribution in [0.1, 0.15) is 51.8 Å². The van der Waals surface area contributed by atoms with Gasteiger partial charge in [-0.15, -0.1) is 11.3 Å². The van der Waals surface area contributed by atoms with Crippen molar-refractivity contribution in [2.24, 2.45) is 0 Å². The summed E-state index contributed by atoms with van der Waals surface area (Å²) >= 11 is 1.62. The van der Waals surface area contributed by atoms with Gasteiger partial charge in [-0.25, -0.2) is 4.98 Å². The number of pyridine rings is 1. The maximum Gasteiger partial charge on any atom is 0.263 e. The Bertz CT molecular complexity index is 902. The molecule has 0 aromatic carbocycles. The monoisotopic (exact) mass is 380 g/mol. The molecule has 3 aromatic heterocycles. The van der Waals surface area contributed by atoms with Crippen molar-refractivity contribution in [2.45, 2.75) is 38.6 Å². The summed E-state index contributed by atoms with van der Waals surface area (Å²) < 4.78 is 2.17. The van der Waals surface area contributed by atoms with Crippen LogP contribution in [-0.4, -0.2) is 38.4 Å². The molecule has 0 N–H and O–H groups in total. The molecule has 1 atom stereocenters. The maximum atomic E-state index is 12.9. The third kappa shape index (κ3) is 3.95. The second-order valence-electron chi connectivity index (χ2n) is 6.94. The molecular weight excluding hydrogens is 356 g/mol. The van der Waals surface area contributed by atoms with E-state index in [1.807, 2.05) is 47.8 Å². The van der Waals surface area contributed by atoms with Gasteiger partial charge in [-0.1, -0.05) is 13.0 Å². The molecule has 1 fully saturated rings. The summed E-state index contributed by atoms with van der Waals surface area (Å²) in [6, 6.07) is 10.0. The molecule has 4 heterocycles. The smallest absolute Gasteiger partial charge is 0.263 e. The number of hydrogen-bond donors (Lipinski definition) is 0. The van der Waals surface area contributed by atoms with Gasteiger partial charge in [0.2, 0.25) is 0 Å². The fraction of sp³-hybridized carbons (Fsp3) is 0.381. The third-order valence-corrected chi connectivity index (χ3v) is 6.32. The highest BCUT2D eigenvalue weighted by molar-refractivity contribution is 7.14. The first-order valence-corrected chi connectivity index (χ1v) is 10.3. The van der Waals surface area contributed by atoms with E-state index < -0.39 is 0 Å². The number of nitrogens with zero attached hydrogens (tertiary/aromatic N) is 4. The third-order valence-electron chi connectivity index (χ3n) is 5.10. The average molecular weight is 381 g/mol. The van der Waals surface area contributed by atoms with Gasteiger partial charge in [0.25, 0.3) is 5.91 Å². The van der Waals surface area contributed by atoms with Gasteiger partial charge in [0.1, 0.15) is 5.82 Å². The number of aryl methyl sites for hydroxylation is 1. The van der Waals surface area contributed by atoms with Crippen molar-refractivity contribution in [3.63, 3.8) is 0 Å². The van der Waals surface area contributed by atoms with Crippen LogP contribution in [0.15, 0.2) is 48.9 Å². The van der Waals surface area contributed by atoms with Crippen molar-refractivity contribution in [1.82, 2.24) is 19.4 Å². The van der Waals surface area contributed by atoms with Crippen LogP contribution in [0.25, 0.3) is 0 Å². The lowest BCUT2D eigenvalue weighted by Crippen LogP contribution is -2.39. The highest BCUT2D eigenvalue weighted by atomic mass is 32.1. The van der Waals surface area contributed by atoms with Crippen molar-refractivity contribution < 1.29 is 4.79 Å². The van der Waals surface area contributed by atoms with Gasteiger partial charge >= 0.3 is 0 Å².